The number of carbonyl (C=O) groups excluding carboxylic acids is 3. The summed E-state index contributed by atoms with van der Waals surface area (Å²) in [5.74, 6) is -1.21. The minimum atomic E-state index is -0.884. The summed E-state index contributed by atoms with van der Waals surface area (Å²) < 4.78 is 0. The number of amides is 3. The molecule has 0 aromatic heterocycles. The zero-order valence-corrected chi connectivity index (χ0v) is 14.9. The fourth-order valence-corrected chi connectivity index (χ4v) is 4.01. The maximum Gasteiger partial charge on any atom is 0.262 e. The van der Waals surface area contributed by atoms with Crippen molar-refractivity contribution in [2.24, 2.45) is 0 Å². The summed E-state index contributed by atoms with van der Waals surface area (Å²) in [5, 5.41) is 3.66. The van der Waals surface area contributed by atoms with E-state index in [1.807, 2.05) is 18.2 Å². The van der Waals surface area contributed by atoms with Gasteiger partial charge in [0.1, 0.15) is 6.04 Å². The first kappa shape index (κ1) is 16.8. The van der Waals surface area contributed by atoms with E-state index < -0.39 is 17.9 Å². The fraction of sp³-hybridized carbons (Fsp3) is 0.250. The smallest absolute Gasteiger partial charge is 0.262 e. The number of imide groups is 1. The van der Waals surface area contributed by atoms with Crippen LogP contribution >= 0.6 is 11.6 Å². The van der Waals surface area contributed by atoms with Crippen molar-refractivity contribution in [2.45, 2.75) is 31.8 Å². The van der Waals surface area contributed by atoms with Crippen LogP contribution in [-0.2, 0) is 11.2 Å². The number of fused-ring (bicyclic) bond motifs is 2. The molecule has 0 saturated carbocycles. The minimum Gasteiger partial charge on any atom is -0.347 e. The summed E-state index contributed by atoms with van der Waals surface area (Å²) in [6, 6.07) is 11.2. The summed E-state index contributed by atoms with van der Waals surface area (Å²) in [4.78, 5) is 38.9. The predicted octanol–water partition coefficient (Wildman–Crippen LogP) is 3.13. The molecule has 2 aromatic carbocycles. The van der Waals surface area contributed by atoms with Crippen LogP contribution in [0, 0.1) is 0 Å². The molecule has 1 heterocycles. The Balaban J connectivity index is 1.53. The minimum absolute atomic E-state index is 0.158. The highest BCUT2D eigenvalue weighted by Gasteiger charge is 2.41. The molecule has 1 aliphatic heterocycles. The molecular weight excluding hydrogens is 352 g/mol. The molecule has 0 spiro atoms. The van der Waals surface area contributed by atoms with E-state index in [2.05, 4.69) is 5.32 Å². The van der Waals surface area contributed by atoms with Gasteiger partial charge in [-0.05, 0) is 49.1 Å². The van der Waals surface area contributed by atoms with Crippen LogP contribution in [0.2, 0.25) is 5.02 Å². The van der Waals surface area contributed by atoms with E-state index in [1.54, 1.807) is 31.2 Å². The first-order valence-corrected chi connectivity index (χ1v) is 8.91. The molecule has 1 N–H and O–H groups in total. The number of hydrogen-bond donors (Lipinski definition) is 1. The number of benzene rings is 2. The molecule has 1 aliphatic carbocycles. The summed E-state index contributed by atoms with van der Waals surface area (Å²) in [7, 11) is 0. The van der Waals surface area contributed by atoms with Gasteiger partial charge in [0, 0.05) is 5.02 Å². The topological polar surface area (TPSA) is 66.5 Å². The molecule has 26 heavy (non-hydrogen) atoms. The van der Waals surface area contributed by atoms with E-state index in [0.717, 1.165) is 28.9 Å². The molecule has 2 aliphatic rings. The third-order valence-corrected chi connectivity index (χ3v) is 5.48. The molecule has 3 amide bonds. The number of carbonyl (C=O) groups is 3. The first-order valence-electron chi connectivity index (χ1n) is 8.53. The third-order valence-electron chi connectivity index (χ3n) is 5.12. The molecule has 5 nitrogen and oxygen atoms in total. The second kappa shape index (κ2) is 6.25. The Kier molecular flexibility index (Phi) is 4.04. The molecule has 4 rings (SSSR count). The SMILES string of the molecule is C[C@H](C(=O)N[C@H]1CCc2c(Cl)cccc21)N1C(=O)c2ccccc2C1=O. The average Bonchev–Trinajstić information content (AvgIpc) is 3.16. The van der Waals surface area contributed by atoms with Gasteiger partial charge < -0.3 is 5.32 Å². The van der Waals surface area contributed by atoms with Crippen LogP contribution in [0.5, 0.6) is 0 Å². The zero-order valence-electron chi connectivity index (χ0n) is 14.2. The molecular formula is C20H17ClN2O3. The van der Waals surface area contributed by atoms with E-state index >= 15 is 0 Å². The predicted molar refractivity (Wildman–Crippen MR) is 97.1 cm³/mol. The molecule has 6 heteroatoms. The second-order valence-corrected chi connectivity index (χ2v) is 7.02. The lowest BCUT2D eigenvalue weighted by Crippen LogP contribution is -2.48. The van der Waals surface area contributed by atoms with Crippen LogP contribution in [0.1, 0.15) is 51.2 Å². The van der Waals surface area contributed by atoms with Crippen molar-refractivity contribution in [3.8, 4) is 0 Å². The number of nitrogens with one attached hydrogen (secondary N) is 1. The Morgan fingerprint density at radius 2 is 1.77 bits per heavy atom. The van der Waals surface area contributed by atoms with E-state index in [4.69, 9.17) is 11.6 Å². The van der Waals surface area contributed by atoms with Gasteiger partial charge in [-0.3, -0.25) is 19.3 Å². The van der Waals surface area contributed by atoms with E-state index in [0.29, 0.717) is 16.1 Å². The molecule has 132 valence electrons. The van der Waals surface area contributed by atoms with Crippen molar-refractivity contribution < 1.29 is 14.4 Å². The van der Waals surface area contributed by atoms with Gasteiger partial charge in [0.05, 0.1) is 17.2 Å². The Morgan fingerprint density at radius 1 is 1.12 bits per heavy atom. The van der Waals surface area contributed by atoms with Crippen molar-refractivity contribution in [3.05, 3.63) is 69.7 Å². The second-order valence-electron chi connectivity index (χ2n) is 6.61. The number of nitrogens with zero attached hydrogens (tertiary/aromatic N) is 1. The number of halogens is 1. The highest BCUT2D eigenvalue weighted by atomic mass is 35.5. The standard InChI is InChI=1S/C20H17ClN2O3/c1-11(23-19(25)14-5-2-3-6-15(14)20(23)26)18(24)22-17-10-9-12-13(17)7-4-8-16(12)21/h2-8,11,17H,9-10H2,1H3,(H,22,24)/t11-,17+/m1/s1. The molecule has 0 bridgehead atoms. The van der Waals surface area contributed by atoms with Crippen LogP contribution in [0.3, 0.4) is 0 Å². The first-order chi connectivity index (χ1) is 12.5. The summed E-state index contributed by atoms with van der Waals surface area (Å²) in [6.45, 7) is 1.57. The third kappa shape index (κ3) is 2.51. The van der Waals surface area contributed by atoms with E-state index in [1.165, 1.54) is 0 Å². The highest BCUT2D eigenvalue weighted by molar-refractivity contribution is 6.31. The van der Waals surface area contributed by atoms with Crippen molar-refractivity contribution in [1.29, 1.82) is 0 Å². The van der Waals surface area contributed by atoms with Crippen molar-refractivity contribution in [3.63, 3.8) is 0 Å². The van der Waals surface area contributed by atoms with Gasteiger partial charge in [-0.1, -0.05) is 35.9 Å². The van der Waals surface area contributed by atoms with Gasteiger partial charge in [-0.2, -0.15) is 0 Å². The molecule has 0 fully saturated rings. The average molecular weight is 369 g/mol. The molecule has 2 aromatic rings. The van der Waals surface area contributed by atoms with Crippen LogP contribution in [0.4, 0.5) is 0 Å². The van der Waals surface area contributed by atoms with Gasteiger partial charge in [0.25, 0.3) is 11.8 Å². The van der Waals surface area contributed by atoms with Gasteiger partial charge >= 0.3 is 0 Å². The lowest BCUT2D eigenvalue weighted by molar-refractivity contribution is -0.125. The van der Waals surface area contributed by atoms with Crippen LogP contribution in [0.25, 0.3) is 0 Å². The Hall–Kier alpha value is -2.66. The maximum atomic E-state index is 12.7. The fourth-order valence-electron chi connectivity index (χ4n) is 3.73. The lowest BCUT2D eigenvalue weighted by Gasteiger charge is -2.24. The monoisotopic (exact) mass is 368 g/mol. The summed E-state index contributed by atoms with van der Waals surface area (Å²) >= 11 is 6.22. The summed E-state index contributed by atoms with van der Waals surface area (Å²) in [6.07, 6.45) is 1.54. The van der Waals surface area contributed by atoms with Gasteiger partial charge in [-0.15, -0.1) is 0 Å². The van der Waals surface area contributed by atoms with Crippen molar-refractivity contribution >= 4 is 29.3 Å². The largest absolute Gasteiger partial charge is 0.347 e. The van der Waals surface area contributed by atoms with Crippen molar-refractivity contribution in [2.75, 3.05) is 0 Å². The number of hydrogen-bond acceptors (Lipinski definition) is 3. The van der Waals surface area contributed by atoms with Gasteiger partial charge in [0.15, 0.2) is 0 Å². The van der Waals surface area contributed by atoms with Crippen LogP contribution in [-0.4, -0.2) is 28.7 Å². The summed E-state index contributed by atoms with van der Waals surface area (Å²) in [5.41, 5.74) is 2.73. The zero-order chi connectivity index (χ0) is 18.4. The van der Waals surface area contributed by atoms with Crippen LogP contribution < -0.4 is 5.32 Å². The van der Waals surface area contributed by atoms with E-state index in [9.17, 15) is 14.4 Å². The number of rotatable bonds is 3. The highest BCUT2D eigenvalue weighted by Crippen LogP contribution is 2.35. The normalized spacial score (nSPS) is 19.3. The quantitative estimate of drug-likeness (QED) is 0.846. The van der Waals surface area contributed by atoms with E-state index in [-0.39, 0.29) is 11.9 Å². The Labute approximate surface area is 155 Å². The van der Waals surface area contributed by atoms with Crippen molar-refractivity contribution in [1.82, 2.24) is 10.2 Å². The van der Waals surface area contributed by atoms with Gasteiger partial charge in [-0.25, -0.2) is 0 Å². The molecule has 0 radical (unpaired) electrons. The molecule has 0 saturated heterocycles. The Bertz CT molecular complexity index is 905. The Morgan fingerprint density at radius 3 is 2.42 bits per heavy atom. The van der Waals surface area contributed by atoms with Crippen LogP contribution in [0.15, 0.2) is 42.5 Å². The van der Waals surface area contributed by atoms with Gasteiger partial charge in [0.2, 0.25) is 5.91 Å². The molecule has 0 unspecified atom stereocenters. The lowest BCUT2D eigenvalue weighted by atomic mass is 10.1. The molecule has 2 atom stereocenters. The maximum absolute atomic E-state index is 12.7.